The fraction of sp³-hybridized carbons (Fsp3) is 0.471. The van der Waals surface area contributed by atoms with E-state index in [0.717, 1.165) is 6.07 Å². The Labute approximate surface area is 160 Å². The number of unbranched alkanes of at least 4 members (excludes halogenated alkanes) is 2. The number of nitrogens with one attached hydrogen (secondary N) is 3. The van der Waals surface area contributed by atoms with Crippen molar-refractivity contribution >= 4 is 23.9 Å². The van der Waals surface area contributed by atoms with Crippen LogP contribution in [0, 0.1) is 5.95 Å². The molecule has 1 aromatic heterocycles. The molecule has 1 atom stereocenters. The minimum absolute atomic E-state index is 0.182. The first kappa shape index (κ1) is 22.8. The maximum absolute atomic E-state index is 12.9. The monoisotopic (exact) mass is 397 g/mol. The fourth-order valence-corrected chi connectivity index (χ4v) is 2.21. The van der Waals surface area contributed by atoms with E-state index in [2.05, 4.69) is 20.9 Å². The number of nitrogens with zero attached hydrogens (tertiary/aromatic N) is 1. The van der Waals surface area contributed by atoms with E-state index >= 15 is 0 Å². The molecule has 1 rings (SSSR count). The number of amides is 3. The zero-order valence-corrected chi connectivity index (χ0v) is 15.1. The van der Waals surface area contributed by atoms with Crippen molar-refractivity contribution < 1.29 is 33.8 Å². The summed E-state index contributed by atoms with van der Waals surface area (Å²) in [5, 5.41) is 24.9. The Balaban J connectivity index is 2.14. The van der Waals surface area contributed by atoms with Crippen molar-refractivity contribution in [2.24, 2.45) is 0 Å². The Morgan fingerprint density at radius 1 is 1.07 bits per heavy atom. The molecule has 0 aliphatic heterocycles. The fourth-order valence-electron chi connectivity index (χ4n) is 2.21. The number of carboxylic acid groups (broad SMARTS) is 2. The van der Waals surface area contributed by atoms with E-state index in [1.807, 2.05) is 0 Å². The van der Waals surface area contributed by atoms with Gasteiger partial charge in [0.15, 0.2) is 0 Å². The molecule has 3 amide bonds. The zero-order valence-electron chi connectivity index (χ0n) is 15.1. The second-order valence-electron chi connectivity index (χ2n) is 5.91. The second kappa shape index (κ2) is 12.2. The van der Waals surface area contributed by atoms with Gasteiger partial charge in [0.2, 0.25) is 5.95 Å². The number of carbonyl (C=O) groups excluding carboxylic acids is 2. The third-order valence-corrected chi connectivity index (χ3v) is 3.66. The van der Waals surface area contributed by atoms with Crippen LogP contribution >= 0.6 is 0 Å². The normalized spacial score (nSPS) is 11.3. The molecule has 1 unspecified atom stereocenters. The molecule has 0 bridgehead atoms. The summed E-state index contributed by atoms with van der Waals surface area (Å²) in [6, 6.07) is 0.482. The van der Waals surface area contributed by atoms with Gasteiger partial charge in [-0.25, -0.2) is 14.6 Å². The highest BCUT2D eigenvalue weighted by Gasteiger charge is 2.20. The molecular weight excluding hydrogens is 374 g/mol. The molecule has 1 heterocycles. The van der Waals surface area contributed by atoms with Gasteiger partial charge in [-0.1, -0.05) is 0 Å². The Morgan fingerprint density at radius 2 is 1.75 bits per heavy atom. The van der Waals surface area contributed by atoms with Crippen molar-refractivity contribution in [3.8, 4) is 0 Å². The largest absolute Gasteiger partial charge is 0.481 e. The molecule has 0 saturated carbocycles. The third-order valence-electron chi connectivity index (χ3n) is 3.66. The van der Waals surface area contributed by atoms with Crippen LogP contribution in [0.15, 0.2) is 18.3 Å². The lowest BCUT2D eigenvalue weighted by Gasteiger charge is -2.14. The van der Waals surface area contributed by atoms with Crippen LogP contribution in [-0.4, -0.2) is 58.2 Å². The maximum atomic E-state index is 12.9. The first-order chi connectivity index (χ1) is 13.3. The molecule has 5 N–H and O–H groups in total. The maximum Gasteiger partial charge on any atom is 0.326 e. The summed E-state index contributed by atoms with van der Waals surface area (Å²) < 4.78 is 12.9. The van der Waals surface area contributed by atoms with Crippen molar-refractivity contribution in [2.45, 2.75) is 38.1 Å². The van der Waals surface area contributed by atoms with Crippen LogP contribution in [0.25, 0.3) is 0 Å². The predicted molar refractivity (Wildman–Crippen MR) is 95.2 cm³/mol. The number of halogens is 1. The molecular formula is C17H23FN4O6. The number of aromatic nitrogens is 1. The van der Waals surface area contributed by atoms with Crippen LogP contribution in [0.5, 0.6) is 0 Å². The van der Waals surface area contributed by atoms with Crippen molar-refractivity contribution in [3.05, 3.63) is 29.8 Å². The molecule has 0 saturated heterocycles. The summed E-state index contributed by atoms with van der Waals surface area (Å²) in [4.78, 5) is 48.2. The van der Waals surface area contributed by atoms with E-state index in [-0.39, 0.29) is 18.4 Å². The Morgan fingerprint density at radius 3 is 2.36 bits per heavy atom. The van der Waals surface area contributed by atoms with Crippen molar-refractivity contribution in [1.29, 1.82) is 0 Å². The van der Waals surface area contributed by atoms with Crippen LogP contribution in [0.3, 0.4) is 0 Å². The molecule has 0 aliphatic rings. The second-order valence-corrected chi connectivity index (χ2v) is 5.91. The van der Waals surface area contributed by atoms with Gasteiger partial charge in [0.1, 0.15) is 6.04 Å². The van der Waals surface area contributed by atoms with E-state index in [4.69, 9.17) is 10.2 Å². The summed E-state index contributed by atoms with van der Waals surface area (Å²) in [6.45, 7) is 0.672. The van der Waals surface area contributed by atoms with Gasteiger partial charge in [0.25, 0.3) is 5.91 Å². The van der Waals surface area contributed by atoms with Crippen LogP contribution in [0.2, 0.25) is 0 Å². The minimum atomic E-state index is -1.30. The summed E-state index contributed by atoms with van der Waals surface area (Å²) in [6.07, 6.45) is 2.55. The Bertz CT molecular complexity index is 700. The first-order valence-corrected chi connectivity index (χ1v) is 8.68. The van der Waals surface area contributed by atoms with Gasteiger partial charge in [-0.2, -0.15) is 4.39 Å². The van der Waals surface area contributed by atoms with E-state index < -0.39 is 35.9 Å². The highest BCUT2D eigenvalue weighted by molar-refractivity contribution is 5.93. The number of rotatable bonds is 12. The van der Waals surface area contributed by atoms with Crippen LogP contribution in [0.4, 0.5) is 9.18 Å². The first-order valence-electron chi connectivity index (χ1n) is 8.68. The van der Waals surface area contributed by atoms with Gasteiger partial charge in [-0.3, -0.25) is 9.59 Å². The molecule has 1 aromatic rings. The van der Waals surface area contributed by atoms with E-state index in [1.165, 1.54) is 12.3 Å². The van der Waals surface area contributed by atoms with E-state index in [9.17, 15) is 23.6 Å². The van der Waals surface area contributed by atoms with Crippen LogP contribution in [-0.2, 0) is 9.59 Å². The summed E-state index contributed by atoms with van der Waals surface area (Å²) >= 11 is 0. The summed E-state index contributed by atoms with van der Waals surface area (Å²) in [5.74, 6) is -3.58. The Hall–Kier alpha value is -3.24. The van der Waals surface area contributed by atoms with Gasteiger partial charge in [0, 0.05) is 37.3 Å². The lowest BCUT2D eigenvalue weighted by molar-refractivity contribution is -0.140. The lowest BCUT2D eigenvalue weighted by Crippen LogP contribution is -2.46. The quantitative estimate of drug-likeness (QED) is 0.257. The number of carboxylic acids is 2. The van der Waals surface area contributed by atoms with Gasteiger partial charge >= 0.3 is 18.0 Å². The SMILES string of the molecule is O=C(O)CCC(NC(=O)NCCCCCNC(=O)c1ccnc([18F])c1)C(=O)O. The average Bonchev–Trinajstić information content (AvgIpc) is 2.63. The highest BCUT2D eigenvalue weighted by Crippen LogP contribution is 2.01. The van der Waals surface area contributed by atoms with Crippen LogP contribution < -0.4 is 16.0 Å². The molecule has 0 aromatic carbocycles. The molecule has 0 aliphatic carbocycles. The van der Waals surface area contributed by atoms with Gasteiger partial charge in [-0.05, 0) is 31.7 Å². The highest BCUT2D eigenvalue weighted by atomic mass is 18.2. The standard InChI is InChI=1S/C17H23FN4O6/c18-13-10-11(6-9-19-13)15(25)20-7-2-1-3-8-21-17(28)22-12(16(26)27)4-5-14(23)24/h6,9-10,12H,1-5,7-8H2,(H,20,25)(H,23,24)(H,26,27)(H2,21,22,28)/i18-1. The average molecular weight is 397 g/mol. The number of hydrogen-bond acceptors (Lipinski definition) is 5. The minimum Gasteiger partial charge on any atom is -0.481 e. The van der Waals surface area contributed by atoms with Gasteiger partial charge < -0.3 is 26.2 Å². The smallest absolute Gasteiger partial charge is 0.326 e. The molecule has 0 radical (unpaired) electrons. The van der Waals surface area contributed by atoms with E-state index in [1.54, 1.807) is 0 Å². The molecule has 0 fully saturated rings. The topological polar surface area (TPSA) is 158 Å². The summed E-state index contributed by atoms with van der Waals surface area (Å²) in [7, 11) is 0. The van der Waals surface area contributed by atoms with Gasteiger partial charge in [-0.15, -0.1) is 0 Å². The zero-order chi connectivity index (χ0) is 20.9. The van der Waals surface area contributed by atoms with Crippen LogP contribution in [0.1, 0.15) is 42.5 Å². The lowest BCUT2D eigenvalue weighted by atomic mass is 10.1. The number of carbonyl (C=O) groups is 4. The van der Waals surface area contributed by atoms with Crippen molar-refractivity contribution in [3.63, 3.8) is 0 Å². The van der Waals surface area contributed by atoms with E-state index in [0.29, 0.717) is 32.4 Å². The third kappa shape index (κ3) is 9.46. The molecule has 154 valence electrons. The number of urea groups is 1. The molecule has 28 heavy (non-hydrogen) atoms. The number of aliphatic carboxylic acids is 2. The molecule has 11 heteroatoms. The number of hydrogen-bond donors (Lipinski definition) is 5. The Kier molecular flexibility index (Phi) is 9.94. The number of pyridine rings is 1. The van der Waals surface area contributed by atoms with Crippen molar-refractivity contribution in [1.82, 2.24) is 20.9 Å². The molecule has 0 spiro atoms. The molecule has 10 nitrogen and oxygen atoms in total. The predicted octanol–water partition coefficient (Wildman–Crippen LogP) is 0.738. The summed E-state index contributed by atoms with van der Waals surface area (Å²) in [5.41, 5.74) is 0.182. The van der Waals surface area contributed by atoms with Gasteiger partial charge in [0.05, 0.1) is 0 Å². The van der Waals surface area contributed by atoms with Crippen molar-refractivity contribution in [2.75, 3.05) is 13.1 Å².